The highest BCUT2D eigenvalue weighted by Gasteiger charge is 2.17. The molecule has 4 aromatic rings. The van der Waals surface area contributed by atoms with E-state index in [1.54, 1.807) is 0 Å². The van der Waals surface area contributed by atoms with Gasteiger partial charge in [0, 0.05) is 27.4 Å². The van der Waals surface area contributed by atoms with E-state index >= 15 is 0 Å². The van der Waals surface area contributed by atoms with Crippen molar-refractivity contribution < 1.29 is 14.8 Å². The van der Waals surface area contributed by atoms with Crippen LogP contribution in [0.4, 0.5) is 5.69 Å². The number of nitrogens with one attached hydrogen (secondary N) is 2. The van der Waals surface area contributed by atoms with E-state index < -0.39 is 0 Å². The number of anilines is 1. The number of hydrogen-bond donors (Lipinski definition) is 3. The standard InChI is InChI=1S/C28H24N2O3/c1-18-22-10-5-6-11-23(22)27(33-30-32)24-12-7-13-25(26(18)24)29-28(31)21-16-14-20(15-17-21)19-8-3-2-4-9-19/h3,5-17,30,32H,2,4H2,1H3,(H,29,31). The maximum Gasteiger partial charge on any atom is 0.255 e. The molecule has 164 valence electrons. The lowest BCUT2D eigenvalue weighted by molar-refractivity contribution is -0.0413. The molecule has 0 atom stereocenters. The molecule has 0 fully saturated rings. The van der Waals surface area contributed by atoms with Gasteiger partial charge in [-0.3, -0.25) is 10.0 Å². The zero-order chi connectivity index (χ0) is 22.8. The molecular formula is C28H24N2O3. The van der Waals surface area contributed by atoms with Crippen LogP contribution in [0.1, 0.15) is 34.3 Å². The van der Waals surface area contributed by atoms with Crippen molar-refractivity contribution in [2.24, 2.45) is 0 Å². The Balaban J connectivity index is 1.53. The van der Waals surface area contributed by atoms with Gasteiger partial charge in [0.25, 0.3) is 5.91 Å². The Labute approximate surface area is 191 Å². The van der Waals surface area contributed by atoms with Crippen molar-refractivity contribution in [1.82, 2.24) is 5.64 Å². The molecule has 0 saturated carbocycles. The smallest absolute Gasteiger partial charge is 0.255 e. The van der Waals surface area contributed by atoms with Gasteiger partial charge in [0.15, 0.2) is 5.75 Å². The van der Waals surface area contributed by atoms with E-state index in [0.29, 0.717) is 17.0 Å². The lowest BCUT2D eigenvalue weighted by Gasteiger charge is -2.17. The first-order chi connectivity index (χ1) is 16.2. The second kappa shape index (κ2) is 8.90. The molecule has 1 aliphatic rings. The molecular weight excluding hydrogens is 412 g/mol. The summed E-state index contributed by atoms with van der Waals surface area (Å²) in [5, 5.41) is 15.8. The molecule has 33 heavy (non-hydrogen) atoms. The number of aryl methyl sites for hydroxylation is 1. The van der Waals surface area contributed by atoms with Gasteiger partial charge in [-0.15, -0.1) is 0 Å². The molecule has 0 unspecified atom stereocenters. The SMILES string of the molecule is Cc1c2ccccc2c(ONO)c2cccc(NC(=O)c3ccc(C4=CCCC=C4)cc3)c12. The van der Waals surface area contributed by atoms with Gasteiger partial charge in [-0.05, 0) is 65.7 Å². The molecule has 1 aliphatic carbocycles. The van der Waals surface area contributed by atoms with Crippen molar-refractivity contribution >= 4 is 38.7 Å². The van der Waals surface area contributed by atoms with Gasteiger partial charge < -0.3 is 10.2 Å². The Morgan fingerprint density at radius 2 is 1.67 bits per heavy atom. The number of carbonyl (C=O) groups excluding carboxylic acids is 1. The Hall–Kier alpha value is -3.93. The number of fused-ring (bicyclic) bond motifs is 2. The number of rotatable bonds is 5. The first-order valence-corrected chi connectivity index (χ1v) is 11.0. The Morgan fingerprint density at radius 3 is 2.39 bits per heavy atom. The zero-order valence-corrected chi connectivity index (χ0v) is 18.3. The third-order valence-corrected chi connectivity index (χ3v) is 6.13. The van der Waals surface area contributed by atoms with Gasteiger partial charge in [0.05, 0.1) is 0 Å². The summed E-state index contributed by atoms with van der Waals surface area (Å²) in [7, 11) is 0. The van der Waals surface area contributed by atoms with E-state index in [-0.39, 0.29) is 5.91 Å². The normalized spacial score (nSPS) is 13.2. The molecule has 0 aromatic heterocycles. The van der Waals surface area contributed by atoms with E-state index in [1.165, 1.54) is 5.57 Å². The summed E-state index contributed by atoms with van der Waals surface area (Å²) in [6.45, 7) is 2.02. The van der Waals surface area contributed by atoms with Gasteiger partial charge in [0.1, 0.15) is 0 Å². The van der Waals surface area contributed by atoms with Crippen LogP contribution in [0.5, 0.6) is 5.75 Å². The van der Waals surface area contributed by atoms with E-state index in [2.05, 4.69) is 23.5 Å². The molecule has 0 spiro atoms. The van der Waals surface area contributed by atoms with Crippen LogP contribution in [-0.4, -0.2) is 11.1 Å². The van der Waals surface area contributed by atoms with Gasteiger partial charge in [0.2, 0.25) is 0 Å². The molecule has 3 N–H and O–H groups in total. The molecule has 0 bridgehead atoms. The molecule has 1 amide bonds. The van der Waals surface area contributed by atoms with Crippen molar-refractivity contribution in [2.45, 2.75) is 19.8 Å². The highest BCUT2D eigenvalue weighted by atomic mass is 16.8. The Morgan fingerprint density at radius 1 is 0.909 bits per heavy atom. The van der Waals surface area contributed by atoms with Crippen LogP contribution in [0.2, 0.25) is 0 Å². The highest BCUT2D eigenvalue weighted by molar-refractivity contribution is 6.16. The van der Waals surface area contributed by atoms with Crippen LogP contribution in [0.3, 0.4) is 0 Å². The third-order valence-electron chi connectivity index (χ3n) is 6.13. The third kappa shape index (κ3) is 3.89. The Kier molecular flexibility index (Phi) is 5.65. The number of allylic oxidation sites excluding steroid dienone is 4. The molecule has 0 heterocycles. The van der Waals surface area contributed by atoms with E-state index in [0.717, 1.165) is 45.5 Å². The van der Waals surface area contributed by atoms with Crippen molar-refractivity contribution in [3.8, 4) is 5.75 Å². The van der Waals surface area contributed by atoms with Gasteiger partial charge in [-0.2, -0.15) is 0 Å². The van der Waals surface area contributed by atoms with Crippen molar-refractivity contribution in [2.75, 3.05) is 5.32 Å². The number of benzene rings is 4. The fourth-order valence-corrected chi connectivity index (χ4v) is 4.53. The van der Waals surface area contributed by atoms with Gasteiger partial charge in [-0.25, -0.2) is 0 Å². The van der Waals surface area contributed by atoms with Crippen LogP contribution in [0, 0.1) is 6.92 Å². The maximum atomic E-state index is 13.1. The second-order valence-corrected chi connectivity index (χ2v) is 8.09. The summed E-state index contributed by atoms with van der Waals surface area (Å²) >= 11 is 0. The summed E-state index contributed by atoms with van der Waals surface area (Å²) in [5.41, 5.74) is 6.40. The first kappa shape index (κ1) is 20.9. The van der Waals surface area contributed by atoms with Gasteiger partial charge >= 0.3 is 0 Å². The average Bonchev–Trinajstić information content (AvgIpc) is 2.87. The number of carbonyl (C=O) groups is 1. The van der Waals surface area contributed by atoms with E-state index in [1.807, 2.05) is 79.3 Å². The van der Waals surface area contributed by atoms with Crippen LogP contribution in [-0.2, 0) is 0 Å². The van der Waals surface area contributed by atoms with Crippen molar-refractivity contribution in [3.63, 3.8) is 0 Å². The Bertz CT molecular complexity index is 1420. The lowest BCUT2D eigenvalue weighted by Crippen LogP contribution is -2.14. The van der Waals surface area contributed by atoms with Crippen molar-refractivity contribution in [3.05, 3.63) is 102 Å². The summed E-state index contributed by atoms with van der Waals surface area (Å²) in [4.78, 5) is 18.5. The van der Waals surface area contributed by atoms with Gasteiger partial charge in [-0.1, -0.05) is 66.8 Å². The number of amides is 1. The first-order valence-electron chi connectivity index (χ1n) is 11.0. The fourth-order valence-electron chi connectivity index (χ4n) is 4.53. The topological polar surface area (TPSA) is 70.6 Å². The van der Waals surface area contributed by atoms with E-state index in [4.69, 9.17) is 4.84 Å². The predicted molar refractivity (Wildman–Crippen MR) is 132 cm³/mol. The fraction of sp³-hybridized carbons (Fsp3) is 0.107. The molecule has 0 saturated heterocycles. The minimum atomic E-state index is -0.183. The highest BCUT2D eigenvalue weighted by Crippen LogP contribution is 2.40. The van der Waals surface area contributed by atoms with Crippen LogP contribution < -0.4 is 15.8 Å². The molecule has 0 radical (unpaired) electrons. The summed E-state index contributed by atoms with van der Waals surface area (Å²) < 4.78 is 0. The molecule has 5 nitrogen and oxygen atoms in total. The number of hydrogen-bond acceptors (Lipinski definition) is 4. The monoisotopic (exact) mass is 436 g/mol. The minimum absolute atomic E-state index is 0.183. The predicted octanol–water partition coefficient (Wildman–Crippen LogP) is 6.56. The maximum absolute atomic E-state index is 13.1. The summed E-state index contributed by atoms with van der Waals surface area (Å²) in [5.74, 6) is 0.320. The molecule has 5 rings (SSSR count). The minimum Gasteiger partial charge on any atom is -0.382 e. The van der Waals surface area contributed by atoms with Crippen molar-refractivity contribution in [1.29, 1.82) is 0 Å². The molecule has 4 aromatic carbocycles. The van der Waals surface area contributed by atoms with Crippen LogP contribution in [0.15, 0.2) is 85.0 Å². The molecule has 5 heteroatoms. The quantitative estimate of drug-likeness (QED) is 0.245. The zero-order valence-electron chi connectivity index (χ0n) is 18.3. The second-order valence-electron chi connectivity index (χ2n) is 8.09. The lowest BCUT2D eigenvalue weighted by atomic mass is 9.95. The largest absolute Gasteiger partial charge is 0.382 e. The average molecular weight is 437 g/mol. The summed E-state index contributed by atoms with van der Waals surface area (Å²) in [6.07, 6.45) is 8.64. The molecule has 0 aliphatic heterocycles. The van der Waals surface area contributed by atoms with Crippen LogP contribution in [0.25, 0.3) is 27.1 Å². The van der Waals surface area contributed by atoms with E-state index in [9.17, 15) is 10.0 Å². The van der Waals surface area contributed by atoms with Crippen LogP contribution >= 0.6 is 0 Å². The summed E-state index contributed by atoms with van der Waals surface area (Å²) in [6, 6.07) is 21.1.